The zero-order chi connectivity index (χ0) is 21.7. The topological polar surface area (TPSA) is 78.5 Å². The van der Waals surface area contributed by atoms with Crippen LogP contribution in [-0.4, -0.2) is 35.7 Å². The first-order chi connectivity index (χ1) is 14.2. The molecular formula is C21H20F3N3O3. The number of carbonyl (C=O) groups excluding carboxylic acids is 3. The first kappa shape index (κ1) is 21.4. The van der Waals surface area contributed by atoms with E-state index >= 15 is 0 Å². The SMILES string of the molecule is O=C(CCN1CCCC1=O)Nc1ccccc1C(=O)Nc1cccc(C(F)(F)F)c1. The lowest BCUT2D eigenvalue weighted by Crippen LogP contribution is -2.29. The number of para-hydroxylation sites is 1. The van der Waals surface area contributed by atoms with Gasteiger partial charge in [-0.3, -0.25) is 14.4 Å². The summed E-state index contributed by atoms with van der Waals surface area (Å²) in [5.41, 5.74) is -0.540. The van der Waals surface area contributed by atoms with Crippen molar-refractivity contribution >= 4 is 29.1 Å². The summed E-state index contributed by atoms with van der Waals surface area (Å²) < 4.78 is 38.6. The van der Waals surface area contributed by atoms with Gasteiger partial charge in [0.25, 0.3) is 5.91 Å². The van der Waals surface area contributed by atoms with Gasteiger partial charge in [-0.05, 0) is 36.8 Å². The number of nitrogens with zero attached hydrogens (tertiary/aromatic N) is 1. The summed E-state index contributed by atoms with van der Waals surface area (Å²) in [5.74, 6) is -1.00. The number of alkyl halides is 3. The van der Waals surface area contributed by atoms with Crippen LogP contribution >= 0.6 is 0 Å². The standard InChI is InChI=1S/C21H20F3N3O3/c22-21(23,24)14-5-3-6-15(13-14)25-20(30)16-7-1-2-8-17(16)26-18(28)10-12-27-11-4-9-19(27)29/h1-3,5-8,13H,4,9-12H2,(H,25,30)(H,26,28). The van der Waals surface area contributed by atoms with E-state index in [1.54, 1.807) is 17.0 Å². The highest BCUT2D eigenvalue weighted by molar-refractivity contribution is 6.10. The molecule has 0 aliphatic carbocycles. The molecule has 2 aromatic carbocycles. The smallest absolute Gasteiger partial charge is 0.342 e. The molecule has 3 amide bonds. The van der Waals surface area contributed by atoms with Crippen molar-refractivity contribution in [2.45, 2.75) is 25.4 Å². The second kappa shape index (κ2) is 8.98. The van der Waals surface area contributed by atoms with Crippen LogP contribution in [0.2, 0.25) is 0 Å². The molecule has 6 nitrogen and oxygen atoms in total. The van der Waals surface area contributed by atoms with E-state index in [4.69, 9.17) is 0 Å². The zero-order valence-electron chi connectivity index (χ0n) is 16.0. The lowest BCUT2D eigenvalue weighted by Gasteiger charge is -2.16. The van der Waals surface area contributed by atoms with E-state index in [1.165, 1.54) is 24.3 Å². The quantitative estimate of drug-likeness (QED) is 0.745. The Kier molecular flexibility index (Phi) is 6.39. The summed E-state index contributed by atoms with van der Waals surface area (Å²) in [6.07, 6.45) is -3.18. The average Bonchev–Trinajstić information content (AvgIpc) is 3.11. The van der Waals surface area contributed by atoms with Crippen molar-refractivity contribution in [3.63, 3.8) is 0 Å². The van der Waals surface area contributed by atoms with Gasteiger partial charge in [-0.2, -0.15) is 13.2 Å². The minimum atomic E-state index is -4.52. The van der Waals surface area contributed by atoms with Crippen molar-refractivity contribution in [2.75, 3.05) is 23.7 Å². The minimum Gasteiger partial charge on any atom is -0.342 e. The van der Waals surface area contributed by atoms with Gasteiger partial charge in [-0.1, -0.05) is 18.2 Å². The number of amides is 3. The summed E-state index contributed by atoms with van der Waals surface area (Å²) in [6.45, 7) is 0.922. The van der Waals surface area contributed by atoms with Crippen LogP contribution in [0.3, 0.4) is 0 Å². The van der Waals surface area contributed by atoms with Crippen molar-refractivity contribution in [1.29, 1.82) is 0 Å². The second-order valence-corrected chi connectivity index (χ2v) is 6.86. The van der Waals surface area contributed by atoms with E-state index in [-0.39, 0.29) is 35.2 Å². The molecule has 0 aromatic heterocycles. The number of rotatable bonds is 6. The number of likely N-dealkylation sites (tertiary alicyclic amines) is 1. The number of hydrogen-bond donors (Lipinski definition) is 2. The van der Waals surface area contributed by atoms with Crippen LogP contribution < -0.4 is 10.6 Å². The third-order valence-corrected chi connectivity index (χ3v) is 4.67. The molecule has 9 heteroatoms. The Morgan fingerprint density at radius 2 is 1.80 bits per heavy atom. The summed E-state index contributed by atoms with van der Waals surface area (Å²) in [6, 6.07) is 10.5. The number of halogens is 3. The Hall–Kier alpha value is -3.36. The maximum absolute atomic E-state index is 12.9. The van der Waals surface area contributed by atoms with E-state index in [1.807, 2.05) is 0 Å². The lowest BCUT2D eigenvalue weighted by atomic mass is 10.1. The molecule has 0 spiro atoms. The minimum absolute atomic E-state index is 0.0106. The summed E-state index contributed by atoms with van der Waals surface area (Å²) in [7, 11) is 0. The van der Waals surface area contributed by atoms with Gasteiger partial charge in [0, 0.05) is 31.6 Å². The van der Waals surface area contributed by atoms with Gasteiger partial charge in [0.1, 0.15) is 0 Å². The van der Waals surface area contributed by atoms with Crippen molar-refractivity contribution in [1.82, 2.24) is 4.90 Å². The molecule has 3 rings (SSSR count). The molecule has 1 heterocycles. The molecule has 1 aliphatic heterocycles. The maximum Gasteiger partial charge on any atom is 0.416 e. The second-order valence-electron chi connectivity index (χ2n) is 6.86. The van der Waals surface area contributed by atoms with Gasteiger partial charge < -0.3 is 15.5 Å². The van der Waals surface area contributed by atoms with Crippen molar-refractivity contribution in [2.24, 2.45) is 0 Å². The fourth-order valence-corrected chi connectivity index (χ4v) is 3.15. The Labute approximate surface area is 171 Å². The van der Waals surface area contributed by atoms with Crippen LogP contribution in [0.1, 0.15) is 35.2 Å². The van der Waals surface area contributed by atoms with Gasteiger partial charge in [0.05, 0.1) is 16.8 Å². The van der Waals surface area contributed by atoms with Gasteiger partial charge in [0.15, 0.2) is 0 Å². The first-order valence-corrected chi connectivity index (χ1v) is 9.39. The molecule has 0 saturated carbocycles. The van der Waals surface area contributed by atoms with Crippen LogP contribution in [0.15, 0.2) is 48.5 Å². The molecule has 0 bridgehead atoms. The number of nitrogens with one attached hydrogen (secondary N) is 2. The predicted molar refractivity (Wildman–Crippen MR) is 105 cm³/mol. The molecule has 1 aliphatic rings. The van der Waals surface area contributed by atoms with Gasteiger partial charge in [0.2, 0.25) is 11.8 Å². The first-order valence-electron chi connectivity index (χ1n) is 9.39. The third kappa shape index (κ3) is 5.37. The number of anilines is 2. The average molecular weight is 419 g/mol. The number of hydrogen-bond acceptors (Lipinski definition) is 3. The van der Waals surface area contributed by atoms with Crippen LogP contribution in [0.25, 0.3) is 0 Å². The molecule has 1 saturated heterocycles. The van der Waals surface area contributed by atoms with Crippen LogP contribution in [-0.2, 0) is 15.8 Å². The predicted octanol–water partition coefficient (Wildman–Crippen LogP) is 3.91. The molecule has 2 aromatic rings. The van der Waals surface area contributed by atoms with Crippen LogP contribution in [0.5, 0.6) is 0 Å². The Balaban J connectivity index is 1.66. The van der Waals surface area contributed by atoms with Crippen molar-refractivity contribution in [3.8, 4) is 0 Å². The summed E-state index contributed by atoms with van der Waals surface area (Å²) in [5, 5.41) is 5.06. The molecule has 0 radical (unpaired) electrons. The third-order valence-electron chi connectivity index (χ3n) is 4.67. The zero-order valence-corrected chi connectivity index (χ0v) is 16.0. The molecule has 30 heavy (non-hydrogen) atoms. The summed E-state index contributed by atoms with van der Waals surface area (Å²) in [4.78, 5) is 38.1. The van der Waals surface area contributed by atoms with E-state index in [2.05, 4.69) is 10.6 Å². The van der Waals surface area contributed by atoms with E-state index in [0.717, 1.165) is 18.6 Å². The molecular weight excluding hydrogens is 399 g/mol. The van der Waals surface area contributed by atoms with Crippen LogP contribution in [0.4, 0.5) is 24.5 Å². The van der Waals surface area contributed by atoms with Crippen LogP contribution in [0, 0.1) is 0 Å². The van der Waals surface area contributed by atoms with Crippen molar-refractivity contribution < 1.29 is 27.6 Å². The van der Waals surface area contributed by atoms with E-state index < -0.39 is 17.6 Å². The molecule has 0 unspecified atom stereocenters. The van der Waals surface area contributed by atoms with E-state index in [0.29, 0.717) is 19.5 Å². The highest BCUT2D eigenvalue weighted by Gasteiger charge is 2.30. The fraction of sp³-hybridized carbons (Fsp3) is 0.286. The largest absolute Gasteiger partial charge is 0.416 e. The highest BCUT2D eigenvalue weighted by Crippen LogP contribution is 2.31. The Bertz CT molecular complexity index is 960. The normalized spacial score (nSPS) is 14.0. The summed E-state index contributed by atoms with van der Waals surface area (Å²) >= 11 is 0. The lowest BCUT2D eigenvalue weighted by molar-refractivity contribution is -0.137. The van der Waals surface area contributed by atoms with Gasteiger partial charge in [-0.25, -0.2) is 0 Å². The highest BCUT2D eigenvalue weighted by atomic mass is 19.4. The maximum atomic E-state index is 12.9. The monoisotopic (exact) mass is 419 g/mol. The van der Waals surface area contributed by atoms with E-state index in [9.17, 15) is 27.6 Å². The number of carbonyl (C=O) groups is 3. The molecule has 2 N–H and O–H groups in total. The van der Waals surface area contributed by atoms with Gasteiger partial charge in [-0.15, -0.1) is 0 Å². The van der Waals surface area contributed by atoms with Gasteiger partial charge >= 0.3 is 6.18 Å². The Morgan fingerprint density at radius 3 is 2.50 bits per heavy atom. The van der Waals surface area contributed by atoms with Crippen molar-refractivity contribution in [3.05, 3.63) is 59.7 Å². The Morgan fingerprint density at radius 1 is 1.03 bits per heavy atom. The molecule has 158 valence electrons. The number of benzene rings is 2. The molecule has 0 atom stereocenters. The molecule has 1 fully saturated rings. The fourth-order valence-electron chi connectivity index (χ4n) is 3.15.